The Morgan fingerprint density at radius 3 is 3.13 bits per heavy atom. The molecule has 0 saturated carbocycles. The summed E-state index contributed by atoms with van der Waals surface area (Å²) in [5, 5.41) is 4.33. The molecular weight excluding hydrogens is 288 g/mol. The first-order valence-corrected chi connectivity index (χ1v) is 8.51. The van der Waals surface area contributed by atoms with Gasteiger partial charge in [0, 0.05) is 24.4 Å². The Balaban J connectivity index is 1.45. The van der Waals surface area contributed by atoms with E-state index in [9.17, 15) is 0 Å². The second-order valence-corrected chi connectivity index (χ2v) is 6.08. The zero-order valence-corrected chi connectivity index (χ0v) is 13.8. The van der Waals surface area contributed by atoms with Crippen molar-refractivity contribution < 1.29 is 4.42 Å². The Hall–Kier alpha value is -2.01. The number of aliphatic imine (C=N–C) groups is 1. The van der Waals surface area contributed by atoms with Crippen LogP contribution in [0.5, 0.6) is 0 Å². The molecule has 0 spiro atoms. The molecule has 5 heteroatoms. The van der Waals surface area contributed by atoms with Gasteiger partial charge in [-0.2, -0.15) is 0 Å². The second kappa shape index (κ2) is 7.51. The maximum atomic E-state index is 5.97. The first-order chi connectivity index (χ1) is 11.3. The summed E-state index contributed by atoms with van der Waals surface area (Å²) in [6, 6.07) is 10.7. The number of fused-ring (bicyclic) bond motifs is 1. The molecule has 1 aliphatic heterocycles. The molecule has 1 fully saturated rings. The van der Waals surface area contributed by atoms with Crippen LogP contribution in [0.3, 0.4) is 0 Å². The van der Waals surface area contributed by atoms with Crippen molar-refractivity contribution in [1.82, 2.24) is 10.2 Å². The van der Waals surface area contributed by atoms with Crippen LogP contribution in [0, 0.1) is 0 Å². The smallest absolute Gasteiger partial charge is 0.188 e. The van der Waals surface area contributed by atoms with Crippen LogP contribution in [0.4, 0.5) is 0 Å². The van der Waals surface area contributed by atoms with Crippen molar-refractivity contribution in [2.24, 2.45) is 10.7 Å². The molecule has 2 heterocycles. The van der Waals surface area contributed by atoms with E-state index in [1.54, 1.807) is 0 Å². The van der Waals surface area contributed by atoms with E-state index >= 15 is 0 Å². The van der Waals surface area contributed by atoms with Gasteiger partial charge in [-0.05, 0) is 38.1 Å². The molecule has 1 saturated heterocycles. The van der Waals surface area contributed by atoms with Crippen LogP contribution >= 0.6 is 0 Å². The minimum Gasteiger partial charge on any atom is -0.461 e. The van der Waals surface area contributed by atoms with Crippen molar-refractivity contribution in [3.63, 3.8) is 0 Å². The number of benzene rings is 1. The van der Waals surface area contributed by atoms with E-state index in [0.717, 1.165) is 42.8 Å². The van der Waals surface area contributed by atoms with Gasteiger partial charge in [0.25, 0.3) is 0 Å². The van der Waals surface area contributed by atoms with Crippen molar-refractivity contribution in [2.75, 3.05) is 26.2 Å². The van der Waals surface area contributed by atoms with Gasteiger partial charge in [0.1, 0.15) is 11.3 Å². The first kappa shape index (κ1) is 15.9. The van der Waals surface area contributed by atoms with Crippen molar-refractivity contribution >= 4 is 16.9 Å². The zero-order chi connectivity index (χ0) is 16.1. The topological polar surface area (TPSA) is 66.8 Å². The summed E-state index contributed by atoms with van der Waals surface area (Å²) in [6.07, 6.45) is 3.30. The van der Waals surface area contributed by atoms with Crippen molar-refractivity contribution in [3.05, 3.63) is 36.1 Å². The van der Waals surface area contributed by atoms with Gasteiger partial charge in [-0.3, -0.25) is 9.89 Å². The highest BCUT2D eigenvalue weighted by atomic mass is 16.3. The number of likely N-dealkylation sites (N-methyl/N-ethyl adjacent to an activating group) is 1. The predicted molar refractivity (Wildman–Crippen MR) is 94.7 cm³/mol. The minimum absolute atomic E-state index is 0.532. The van der Waals surface area contributed by atoms with Crippen LogP contribution in [0.1, 0.15) is 25.5 Å². The summed E-state index contributed by atoms with van der Waals surface area (Å²) in [5.74, 6) is 1.50. The summed E-state index contributed by atoms with van der Waals surface area (Å²) >= 11 is 0. The van der Waals surface area contributed by atoms with Gasteiger partial charge >= 0.3 is 0 Å². The monoisotopic (exact) mass is 314 g/mol. The number of rotatable bonds is 6. The predicted octanol–water partition coefficient (Wildman–Crippen LogP) is 2.36. The van der Waals surface area contributed by atoms with E-state index in [1.165, 1.54) is 19.4 Å². The maximum absolute atomic E-state index is 5.97. The second-order valence-electron chi connectivity index (χ2n) is 6.08. The molecule has 2 aromatic rings. The van der Waals surface area contributed by atoms with Gasteiger partial charge in [-0.1, -0.05) is 25.1 Å². The van der Waals surface area contributed by atoms with Crippen LogP contribution in [0.25, 0.3) is 11.0 Å². The number of para-hydroxylation sites is 1. The molecule has 23 heavy (non-hydrogen) atoms. The largest absolute Gasteiger partial charge is 0.461 e. The van der Waals surface area contributed by atoms with Gasteiger partial charge in [0.2, 0.25) is 0 Å². The molecule has 0 amide bonds. The molecule has 0 aliphatic carbocycles. The third kappa shape index (κ3) is 4.05. The van der Waals surface area contributed by atoms with E-state index < -0.39 is 0 Å². The Morgan fingerprint density at radius 2 is 2.30 bits per heavy atom. The summed E-state index contributed by atoms with van der Waals surface area (Å²) in [6.45, 7) is 6.02. The average molecular weight is 314 g/mol. The molecule has 0 bridgehead atoms. The third-order valence-corrected chi connectivity index (χ3v) is 4.53. The summed E-state index contributed by atoms with van der Waals surface area (Å²) in [5.41, 5.74) is 6.90. The SMILES string of the molecule is CCN1CCCC1CN=C(N)NCCc1cc2ccccc2o1. The summed E-state index contributed by atoms with van der Waals surface area (Å²) < 4.78 is 5.79. The third-order valence-electron chi connectivity index (χ3n) is 4.53. The lowest BCUT2D eigenvalue weighted by Gasteiger charge is -2.20. The number of guanidine groups is 1. The lowest BCUT2D eigenvalue weighted by atomic mass is 10.2. The Bertz CT molecular complexity index is 631. The number of furan rings is 1. The van der Waals surface area contributed by atoms with E-state index in [2.05, 4.69) is 34.3 Å². The van der Waals surface area contributed by atoms with Gasteiger partial charge in [0.15, 0.2) is 5.96 Å². The lowest BCUT2D eigenvalue weighted by Crippen LogP contribution is -2.36. The van der Waals surface area contributed by atoms with Crippen molar-refractivity contribution in [1.29, 1.82) is 0 Å². The molecule has 1 aliphatic rings. The molecule has 1 unspecified atom stereocenters. The fourth-order valence-electron chi connectivity index (χ4n) is 3.25. The van der Waals surface area contributed by atoms with Crippen LogP contribution in [-0.4, -0.2) is 43.1 Å². The highest BCUT2D eigenvalue weighted by molar-refractivity contribution is 5.78. The number of likely N-dealkylation sites (tertiary alicyclic amines) is 1. The Labute approximate surface area is 137 Å². The van der Waals surface area contributed by atoms with Gasteiger partial charge < -0.3 is 15.5 Å². The number of nitrogens with zero attached hydrogens (tertiary/aromatic N) is 2. The van der Waals surface area contributed by atoms with Crippen molar-refractivity contribution in [3.8, 4) is 0 Å². The highest BCUT2D eigenvalue weighted by Gasteiger charge is 2.22. The quantitative estimate of drug-likeness (QED) is 0.634. The minimum atomic E-state index is 0.532. The molecule has 1 aromatic carbocycles. The molecular formula is C18H26N4O. The van der Waals surface area contributed by atoms with Crippen molar-refractivity contribution in [2.45, 2.75) is 32.2 Å². The molecule has 1 aromatic heterocycles. The standard InChI is InChI=1S/C18H26N4O/c1-2-22-11-5-7-15(22)13-21-18(19)20-10-9-16-12-14-6-3-4-8-17(14)23-16/h3-4,6,8,12,15H,2,5,7,9-11,13H2,1H3,(H3,19,20,21). The number of nitrogens with one attached hydrogen (secondary N) is 1. The van der Waals surface area contributed by atoms with Crippen LogP contribution in [-0.2, 0) is 6.42 Å². The highest BCUT2D eigenvalue weighted by Crippen LogP contribution is 2.19. The van der Waals surface area contributed by atoms with Crippen LogP contribution < -0.4 is 11.1 Å². The van der Waals surface area contributed by atoms with Gasteiger partial charge in [0.05, 0.1) is 6.54 Å². The fourth-order valence-corrected chi connectivity index (χ4v) is 3.25. The van der Waals surface area contributed by atoms with E-state index in [0.29, 0.717) is 12.0 Å². The Kier molecular flexibility index (Phi) is 5.18. The molecule has 0 radical (unpaired) electrons. The van der Waals surface area contributed by atoms with Crippen LogP contribution in [0.2, 0.25) is 0 Å². The van der Waals surface area contributed by atoms with E-state index in [1.807, 2.05) is 18.2 Å². The molecule has 3 rings (SSSR count). The average Bonchev–Trinajstić information content (AvgIpc) is 3.18. The number of hydrogen-bond donors (Lipinski definition) is 2. The molecule has 5 nitrogen and oxygen atoms in total. The maximum Gasteiger partial charge on any atom is 0.188 e. The lowest BCUT2D eigenvalue weighted by molar-refractivity contribution is 0.273. The fraction of sp³-hybridized carbons (Fsp3) is 0.500. The van der Waals surface area contributed by atoms with E-state index in [4.69, 9.17) is 10.2 Å². The number of nitrogens with two attached hydrogens (primary N) is 1. The van der Waals surface area contributed by atoms with Gasteiger partial charge in [-0.15, -0.1) is 0 Å². The Morgan fingerprint density at radius 1 is 1.43 bits per heavy atom. The first-order valence-electron chi connectivity index (χ1n) is 8.51. The zero-order valence-electron chi connectivity index (χ0n) is 13.8. The van der Waals surface area contributed by atoms with Crippen LogP contribution in [0.15, 0.2) is 39.7 Å². The number of hydrogen-bond acceptors (Lipinski definition) is 3. The molecule has 124 valence electrons. The summed E-state index contributed by atoms with van der Waals surface area (Å²) in [7, 11) is 0. The molecule has 3 N–H and O–H groups in total. The normalized spacial score (nSPS) is 19.5. The van der Waals surface area contributed by atoms with E-state index in [-0.39, 0.29) is 0 Å². The van der Waals surface area contributed by atoms with Gasteiger partial charge in [-0.25, -0.2) is 0 Å². The molecule has 1 atom stereocenters. The summed E-state index contributed by atoms with van der Waals surface area (Å²) in [4.78, 5) is 6.97.